The number of hydrogen-bond donors (Lipinski definition) is 1. The predicted molar refractivity (Wildman–Crippen MR) is 63.3 cm³/mol. The molecule has 0 saturated heterocycles. The molecule has 1 nitrogen and oxygen atoms in total. The molecule has 0 amide bonds. The standard InChI is InChI=1S/C13H27N/c1-3-10-13(2,11-14)12-8-6-4-5-7-9-12/h12H,3-11,14H2,1-2H3. The van der Waals surface area contributed by atoms with Gasteiger partial charge in [-0.05, 0) is 37.1 Å². The fourth-order valence-corrected chi connectivity index (χ4v) is 3.02. The Morgan fingerprint density at radius 2 is 1.71 bits per heavy atom. The van der Waals surface area contributed by atoms with Gasteiger partial charge in [-0.25, -0.2) is 0 Å². The van der Waals surface area contributed by atoms with Gasteiger partial charge in [0, 0.05) is 0 Å². The molecule has 0 radical (unpaired) electrons. The molecule has 14 heavy (non-hydrogen) atoms. The highest BCUT2D eigenvalue weighted by molar-refractivity contribution is 4.84. The minimum Gasteiger partial charge on any atom is -0.330 e. The van der Waals surface area contributed by atoms with Gasteiger partial charge >= 0.3 is 0 Å². The van der Waals surface area contributed by atoms with Crippen LogP contribution in [0, 0.1) is 11.3 Å². The summed E-state index contributed by atoms with van der Waals surface area (Å²) >= 11 is 0. The van der Waals surface area contributed by atoms with Gasteiger partial charge in [-0.1, -0.05) is 46.0 Å². The highest BCUT2D eigenvalue weighted by Crippen LogP contribution is 2.40. The molecule has 2 N–H and O–H groups in total. The van der Waals surface area contributed by atoms with E-state index in [1.807, 2.05) is 0 Å². The van der Waals surface area contributed by atoms with Crippen LogP contribution in [0.4, 0.5) is 0 Å². The largest absolute Gasteiger partial charge is 0.330 e. The zero-order valence-electron chi connectivity index (χ0n) is 10.0. The van der Waals surface area contributed by atoms with E-state index in [4.69, 9.17) is 5.73 Å². The highest BCUT2D eigenvalue weighted by Gasteiger charge is 2.31. The Labute approximate surface area is 89.5 Å². The maximum absolute atomic E-state index is 5.97. The van der Waals surface area contributed by atoms with Crippen LogP contribution in [0.3, 0.4) is 0 Å². The molecule has 0 heterocycles. The first-order valence-corrected chi connectivity index (χ1v) is 6.43. The van der Waals surface area contributed by atoms with Gasteiger partial charge in [0.2, 0.25) is 0 Å². The molecule has 1 rings (SSSR count). The Morgan fingerprint density at radius 3 is 2.14 bits per heavy atom. The lowest BCUT2D eigenvalue weighted by molar-refractivity contribution is 0.157. The number of nitrogens with two attached hydrogens (primary N) is 1. The van der Waals surface area contributed by atoms with E-state index in [1.165, 1.54) is 51.4 Å². The number of rotatable bonds is 4. The van der Waals surface area contributed by atoms with Crippen molar-refractivity contribution in [3.8, 4) is 0 Å². The van der Waals surface area contributed by atoms with Gasteiger partial charge in [0.1, 0.15) is 0 Å². The zero-order valence-corrected chi connectivity index (χ0v) is 10.0. The van der Waals surface area contributed by atoms with E-state index in [9.17, 15) is 0 Å². The molecule has 1 atom stereocenters. The van der Waals surface area contributed by atoms with E-state index in [0.29, 0.717) is 5.41 Å². The molecule has 0 aromatic carbocycles. The molecule has 0 aromatic rings. The molecule has 0 spiro atoms. The third kappa shape index (κ3) is 2.98. The van der Waals surface area contributed by atoms with E-state index in [0.717, 1.165) is 12.5 Å². The molecule has 84 valence electrons. The Balaban J connectivity index is 2.56. The van der Waals surface area contributed by atoms with Gasteiger partial charge in [-0.2, -0.15) is 0 Å². The van der Waals surface area contributed by atoms with E-state index >= 15 is 0 Å². The van der Waals surface area contributed by atoms with Crippen molar-refractivity contribution in [2.45, 2.75) is 65.2 Å². The van der Waals surface area contributed by atoms with Gasteiger partial charge in [0.25, 0.3) is 0 Å². The second-order valence-electron chi connectivity index (χ2n) is 5.30. The average molecular weight is 197 g/mol. The molecular weight excluding hydrogens is 170 g/mol. The molecule has 1 saturated carbocycles. The first-order chi connectivity index (χ1) is 6.73. The lowest BCUT2D eigenvalue weighted by Gasteiger charge is -2.36. The summed E-state index contributed by atoms with van der Waals surface area (Å²) in [4.78, 5) is 0. The van der Waals surface area contributed by atoms with Crippen LogP contribution in [0.2, 0.25) is 0 Å². The van der Waals surface area contributed by atoms with Crippen molar-refractivity contribution in [1.29, 1.82) is 0 Å². The van der Waals surface area contributed by atoms with E-state index in [1.54, 1.807) is 0 Å². The quantitative estimate of drug-likeness (QED) is 0.683. The van der Waals surface area contributed by atoms with E-state index in [2.05, 4.69) is 13.8 Å². The number of hydrogen-bond acceptors (Lipinski definition) is 1. The SMILES string of the molecule is CCCC(C)(CN)C1CCCCCC1. The summed E-state index contributed by atoms with van der Waals surface area (Å²) in [5.74, 6) is 0.898. The van der Waals surface area contributed by atoms with Crippen LogP contribution in [-0.2, 0) is 0 Å². The smallest absolute Gasteiger partial charge is 0.00205 e. The second kappa shape index (κ2) is 5.75. The lowest BCUT2D eigenvalue weighted by Crippen LogP contribution is -2.35. The molecule has 1 aliphatic carbocycles. The van der Waals surface area contributed by atoms with Gasteiger partial charge in [-0.3, -0.25) is 0 Å². The molecule has 0 bridgehead atoms. The summed E-state index contributed by atoms with van der Waals surface area (Å²) < 4.78 is 0. The van der Waals surface area contributed by atoms with Gasteiger partial charge in [0.15, 0.2) is 0 Å². The normalized spacial score (nSPS) is 24.2. The minimum atomic E-state index is 0.430. The van der Waals surface area contributed by atoms with Crippen molar-refractivity contribution in [2.75, 3.05) is 6.54 Å². The van der Waals surface area contributed by atoms with Crippen LogP contribution in [0.5, 0.6) is 0 Å². The minimum absolute atomic E-state index is 0.430. The maximum atomic E-state index is 5.97. The van der Waals surface area contributed by atoms with E-state index in [-0.39, 0.29) is 0 Å². The topological polar surface area (TPSA) is 26.0 Å². The Bertz CT molecular complexity index is 147. The summed E-state index contributed by atoms with van der Waals surface area (Å²) in [7, 11) is 0. The van der Waals surface area contributed by atoms with E-state index < -0.39 is 0 Å². The van der Waals surface area contributed by atoms with Crippen molar-refractivity contribution in [3.63, 3.8) is 0 Å². The predicted octanol–water partition coefficient (Wildman–Crippen LogP) is 3.72. The maximum Gasteiger partial charge on any atom is -0.00205 e. The van der Waals surface area contributed by atoms with Crippen LogP contribution in [0.25, 0.3) is 0 Å². The average Bonchev–Trinajstić information content (AvgIpc) is 2.46. The summed E-state index contributed by atoms with van der Waals surface area (Å²) in [5, 5.41) is 0. The van der Waals surface area contributed by atoms with Crippen LogP contribution in [0.1, 0.15) is 65.2 Å². The van der Waals surface area contributed by atoms with Gasteiger partial charge in [-0.15, -0.1) is 0 Å². The second-order valence-corrected chi connectivity index (χ2v) is 5.30. The lowest BCUT2D eigenvalue weighted by atomic mass is 9.70. The van der Waals surface area contributed by atoms with Crippen LogP contribution < -0.4 is 5.73 Å². The molecule has 1 heteroatoms. The summed E-state index contributed by atoms with van der Waals surface area (Å²) in [5.41, 5.74) is 6.40. The van der Waals surface area contributed by atoms with Gasteiger partial charge in [0.05, 0.1) is 0 Å². The van der Waals surface area contributed by atoms with Crippen LogP contribution >= 0.6 is 0 Å². The Hall–Kier alpha value is -0.0400. The monoisotopic (exact) mass is 197 g/mol. The Kier molecular flexibility index (Phi) is 4.94. The van der Waals surface area contributed by atoms with Crippen molar-refractivity contribution >= 4 is 0 Å². The first-order valence-electron chi connectivity index (χ1n) is 6.43. The fourth-order valence-electron chi connectivity index (χ4n) is 3.02. The molecule has 0 aliphatic heterocycles. The summed E-state index contributed by atoms with van der Waals surface area (Å²) in [6, 6.07) is 0. The Morgan fingerprint density at radius 1 is 1.14 bits per heavy atom. The summed E-state index contributed by atoms with van der Waals surface area (Å²) in [6.45, 7) is 5.57. The fraction of sp³-hybridized carbons (Fsp3) is 1.00. The van der Waals surface area contributed by atoms with Crippen LogP contribution in [-0.4, -0.2) is 6.54 Å². The summed E-state index contributed by atoms with van der Waals surface area (Å²) in [6.07, 6.45) is 11.2. The first kappa shape index (κ1) is 12.0. The molecule has 0 aromatic heterocycles. The van der Waals surface area contributed by atoms with Crippen molar-refractivity contribution in [3.05, 3.63) is 0 Å². The van der Waals surface area contributed by atoms with Crippen LogP contribution in [0.15, 0.2) is 0 Å². The van der Waals surface area contributed by atoms with Crippen molar-refractivity contribution < 1.29 is 0 Å². The third-order valence-electron chi connectivity index (χ3n) is 4.13. The highest BCUT2D eigenvalue weighted by atomic mass is 14.6. The zero-order chi connectivity index (χ0) is 10.4. The van der Waals surface area contributed by atoms with Crippen molar-refractivity contribution in [2.24, 2.45) is 17.1 Å². The molecule has 1 unspecified atom stereocenters. The molecule has 1 fully saturated rings. The molecule has 1 aliphatic rings. The molecular formula is C13H27N. The van der Waals surface area contributed by atoms with Crippen molar-refractivity contribution in [1.82, 2.24) is 0 Å². The third-order valence-corrected chi connectivity index (χ3v) is 4.13. The van der Waals surface area contributed by atoms with Gasteiger partial charge < -0.3 is 5.73 Å².